The highest BCUT2D eigenvalue weighted by Crippen LogP contribution is 2.24. The van der Waals surface area contributed by atoms with E-state index in [1.807, 2.05) is 12.1 Å². The van der Waals surface area contributed by atoms with Crippen LogP contribution in [-0.4, -0.2) is 4.92 Å². The van der Waals surface area contributed by atoms with E-state index < -0.39 is 4.92 Å². The Labute approximate surface area is 126 Å². The molecule has 2 aromatic carbocycles. The second-order valence-electron chi connectivity index (χ2n) is 4.37. The van der Waals surface area contributed by atoms with Crippen molar-refractivity contribution in [2.45, 2.75) is 13.2 Å². The summed E-state index contributed by atoms with van der Waals surface area (Å²) in [4.78, 5) is 10.3. The van der Waals surface area contributed by atoms with Crippen LogP contribution in [0.2, 0.25) is 5.02 Å². The van der Waals surface area contributed by atoms with Gasteiger partial charge in [0.25, 0.3) is 5.69 Å². The van der Waals surface area contributed by atoms with Crippen LogP contribution in [0, 0.1) is 10.1 Å². The highest BCUT2D eigenvalue weighted by atomic mass is 35.5. The van der Waals surface area contributed by atoms with Crippen molar-refractivity contribution in [2.24, 2.45) is 5.84 Å². The number of halogens is 1. The molecule has 0 atom stereocenters. The van der Waals surface area contributed by atoms with Crippen LogP contribution in [0.25, 0.3) is 0 Å². The van der Waals surface area contributed by atoms with Gasteiger partial charge in [0.2, 0.25) is 0 Å². The van der Waals surface area contributed by atoms with Gasteiger partial charge in [0, 0.05) is 11.1 Å². The molecule has 0 unspecified atom stereocenters. The zero-order chi connectivity index (χ0) is 15.2. The Kier molecular flexibility index (Phi) is 5.10. The van der Waals surface area contributed by atoms with Gasteiger partial charge in [-0.05, 0) is 35.4 Å². The number of nitrogens with zero attached hydrogens (tertiary/aromatic N) is 1. The molecule has 110 valence electrons. The molecule has 0 saturated heterocycles. The van der Waals surface area contributed by atoms with Crippen molar-refractivity contribution in [1.29, 1.82) is 0 Å². The molecule has 6 nitrogen and oxygen atoms in total. The van der Waals surface area contributed by atoms with Crippen molar-refractivity contribution in [2.75, 3.05) is 5.43 Å². The fraction of sp³-hybridized carbons (Fsp3) is 0.143. The molecule has 21 heavy (non-hydrogen) atoms. The maximum Gasteiger partial charge on any atom is 0.293 e. The van der Waals surface area contributed by atoms with Crippen molar-refractivity contribution in [3.63, 3.8) is 0 Å². The first-order valence-electron chi connectivity index (χ1n) is 6.16. The van der Waals surface area contributed by atoms with Gasteiger partial charge < -0.3 is 10.2 Å². The van der Waals surface area contributed by atoms with E-state index in [4.69, 9.17) is 22.2 Å². The monoisotopic (exact) mass is 307 g/mol. The smallest absolute Gasteiger partial charge is 0.293 e. The Morgan fingerprint density at radius 3 is 2.38 bits per heavy atom. The van der Waals surface area contributed by atoms with Crippen molar-refractivity contribution in [1.82, 2.24) is 0 Å². The minimum Gasteiger partial charge on any atom is -0.372 e. The maximum absolute atomic E-state index is 10.8. The molecule has 0 aliphatic heterocycles. The molecule has 0 amide bonds. The van der Waals surface area contributed by atoms with Gasteiger partial charge in [-0.1, -0.05) is 23.7 Å². The maximum atomic E-state index is 10.8. The van der Waals surface area contributed by atoms with Crippen LogP contribution >= 0.6 is 11.6 Å². The molecule has 0 heterocycles. The number of benzene rings is 2. The van der Waals surface area contributed by atoms with Gasteiger partial charge in [0.1, 0.15) is 5.69 Å². The number of nitro benzene ring substituents is 1. The van der Waals surface area contributed by atoms with Crippen LogP contribution in [0.3, 0.4) is 0 Å². The van der Waals surface area contributed by atoms with Gasteiger partial charge in [-0.3, -0.25) is 16.0 Å². The number of hydrogen-bond donors (Lipinski definition) is 2. The molecule has 2 rings (SSSR count). The van der Waals surface area contributed by atoms with Crippen LogP contribution in [0.4, 0.5) is 11.4 Å². The lowest BCUT2D eigenvalue weighted by atomic mass is 10.2. The molecule has 0 aliphatic rings. The van der Waals surface area contributed by atoms with E-state index in [0.29, 0.717) is 18.2 Å². The summed E-state index contributed by atoms with van der Waals surface area (Å²) in [5, 5.41) is 11.5. The lowest BCUT2D eigenvalue weighted by Crippen LogP contribution is -2.09. The average Bonchev–Trinajstić information content (AvgIpc) is 2.49. The van der Waals surface area contributed by atoms with Gasteiger partial charge in [0.05, 0.1) is 18.1 Å². The van der Waals surface area contributed by atoms with E-state index in [9.17, 15) is 10.1 Å². The topological polar surface area (TPSA) is 90.4 Å². The Balaban J connectivity index is 1.97. The third-order valence-electron chi connectivity index (χ3n) is 2.86. The lowest BCUT2D eigenvalue weighted by Gasteiger charge is -2.07. The number of hydrazine groups is 1. The summed E-state index contributed by atoms with van der Waals surface area (Å²) in [5.41, 5.74) is 4.30. The van der Waals surface area contributed by atoms with Crippen LogP contribution < -0.4 is 11.3 Å². The normalized spacial score (nSPS) is 10.4. The molecule has 2 aromatic rings. The third-order valence-corrected chi connectivity index (χ3v) is 3.12. The van der Waals surface area contributed by atoms with Gasteiger partial charge in [-0.2, -0.15) is 0 Å². The molecule has 0 spiro atoms. The van der Waals surface area contributed by atoms with E-state index >= 15 is 0 Å². The highest BCUT2D eigenvalue weighted by molar-refractivity contribution is 6.30. The highest BCUT2D eigenvalue weighted by Gasteiger charge is 2.13. The Morgan fingerprint density at radius 2 is 1.76 bits per heavy atom. The second kappa shape index (κ2) is 7.03. The Bertz CT molecular complexity index is 632. The molecule has 0 radical (unpaired) electrons. The molecule has 0 aliphatic carbocycles. The van der Waals surface area contributed by atoms with Gasteiger partial charge in [0.15, 0.2) is 0 Å². The van der Waals surface area contributed by atoms with E-state index in [1.165, 1.54) is 6.07 Å². The molecular formula is C14H14ClN3O3. The quantitative estimate of drug-likeness (QED) is 0.485. The number of nitrogens with two attached hydrogens (primary N) is 1. The predicted octanol–water partition coefficient (Wildman–Crippen LogP) is 3.25. The molecule has 0 bridgehead atoms. The number of nitro groups is 1. The Hall–Kier alpha value is -2.15. The fourth-order valence-corrected chi connectivity index (χ4v) is 1.94. The molecule has 7 heteroatoms. The minimum atomic E-state index is -0.493. The van der Waals surface area contributed by atoms with E-state index in [2.05, 4.69) is 5.43 Å². The number of nitrogens with one attached hydrogen (secondary N) is 1. The summed E-state index contributed by atoms with van der Waals surface area (Å²) in [7, 11) is 0. The summed E-state index contributed by atoms with van der Waals surface area (Å²) in [5.74, 6) is 5.28. The van der Waals surface area contributed by atoms with Gasteiger partial charge >= 0.3 is 0 Å². The van der Waals surface area contributed by atoms with Crippen molar-refractivity contribution in [3.05, 3.63) is 68.7 Å². The van der Waals surface area contributed by atoms with E-state index in [0.717, 1.165) is 11.1 Å². The number of hydrogen-bond acceptors (Lipinski definition) is 5. The lowest BCUT2D eigenvalue weighted by molar-refractivity contribution is -0.384. The first-order chi connectivity index (χ1) is 10.1. The average molecular weight is 308 g/mol. The number of nitrogen functional groups attached to an aromatic ring is 1. The first kappa shape index (κ1) is 15.2. The van der Waals surface area contributed by atoms with Crippen LogP contribution in [0.1, 0.15) is 11.1 Å². The first-order valence-corrected chi connectivity index (χ1v) is 6.54. The summed E-state index contributed by atoms with van der Waals surface area (Å²) in [6.45, 7) is 0.759. The largest absolute Gasteiger partial charge is 0.372 e. The minimum absolute atomic E-state index is 0.0704. The zero-order valence-electron chi connectivity index (χ0n) is 11.1. The Morgan fingerprint density at radius 1 is 1.14 bits per heavy atom. The van der Waals surface area contributed by atoms with Gasteiger partial charge in [-0.15, -0.1) is 0 Å². The van der Waals surface area contributed by atoms with Gasteiger partial charge in [-0.25, -0.2) is 0 Å². The zero-order valence-corrected chi connectivity index (χ0v) is 11.8. The molecule has 0 fully saturated rings. The van der Waals surface area contributed by atoms with Crippen molar-refractivity contribution >= 4 is 23.0 Å². The fourth-order valence-electron chi connectivity index (χ4n) is 1.82. The predicted molar refractivity (Wildman–Crippen MR) is 80.9 cm³/mol. The van der Waals surface area contributed by atoms with E-state index in [1.54, 1.807) is 24.3 Å². The number of rotatable bonds is 6. The van der Waals surface area contributed by atoms with Crippen LogP contribution in [0.15, 0.2) is 42.5 Å². The molecule has 3 N–H and O–H groups in total. The second-order valence-corrected chi connectivity index (χ2v) is 4.81. The molecular weight excluding hydrogens is 294 g/mol. The van der Waals surface area contributed by atoms with Crippen molar-refractivity contribution in [3.8, 4) is 0 Å². The summed E-state index contributed by atoms with van der Waals surface area (Å²) in [6.07, 6.45) is 0. The summed E-state index contributed by atoms with van der Waals surface area (Å²) in [6, 6.07) is 12.0. The standard InChI is InChI=1S/C14H14ClN3O3/c15-12-4-1-10(2-5-12)8-21-9-11-3-6-14(18(19)20)13(7-11)17-16/h1-7,17H,8-9,16H2. The SMILES string of the molecule is NNc1cc(COCc2ccc(Cl)cc2)ccc1[N+](=O)[O-]. The summed E-state index contributed by atoms with van der Waals surface area (Å²) < 4.78 is 5.56. The number of ether oxygens (including phenoxy) is 1. The van der Waals surface area contributed by atoms with Crippen molar-refractivity contribution < 1.29 is 9.66 Å². The van der Waals surface area contributed by atoms with E-state index in [-0.39, 0.29) is 11.4 Å². The third kappa shape index (κ3) is 4.16. The van der Waals surface area contributed by atoms with Crippen LogP contribution in [0.5, 0.6) is 0 Å². The number of anilines is 1. The molecule has 0 saturated carbocycles. The summed E-state index contributed by atoms with van der Waals surface area (Å²) >= 11 is 5.80. The van der Waals surface area contributed by atoms with Crippen LogP contribution in [-0.2, 0) is 18.0 Å². The molecule has 0 aromatic heterocycles.